The summed E-state index contributed by atoms with van der Waals surface area (Å²) < 4.78 is 41.9. The molecule has 0 unspecified atom stereocenters. The number of quaternary nitrogens is 1. The third kappa shape index (κ3) is 33.8. The van der Waals surface area contributed by atoms with Gasteiger partial charge in [-0.2, -0.15) is 0 Å². The normalized spacial score (nSPS) is 22.6. The molecule has 12 bridgehead atoms. The maximum Gasteiger partial charge on any atom is 0.246 e. The standard InChI is InChI=1S/C100H144FN15O18.CH3/c1-8-9-10-11-12-13-14-15-16-17-18-19-22-29-85(118)102-47-52-116(5,6)53-55-133-57-56-132-54-44-86(119)105-64-82-94(125)107-79-60-73-27-25-28-74(58-73)63-104-88(121)67-134-84-43-51-114-91(84)96(127)111-90(69(3)117)95(126)109-80(59-71-34-37-77(131-7)38-35-71)98(129)115-50-26-45-100(115,4)99(130)103-46-42-70-30-32-72(33-31-70)65-113(89(122)41-40-87(120)106-68(2)92(123)110-82)49-24-21-20-23-48-112-66-75(61-81(97(114)128)108-93(79)124)78-62-76(101)36-39-83(78)112;/h25,27-28,30-39,58,62,66,68-69,79-82,84,90-91,117H,8-24,26,29,40-57,59-61,63-65,67H2,1-7H3,(H9-,102,103,104,105,106,107,108,109,110,111,118,119,120,121,123,124,125,126,127,130);1H3/q;-1/p+1/t68-,69+,79-,80-,81-,82+,84-,90-,91-,100-;/m0./s1. The van der Waals surface area contributed by atoms with E-state index in [2.05, 4.69) is 74.2 Å². The molecular weight excluding hydrogens is 1730 g/mol. The van der Waals surface area contributed by atoms with E-state index >= 15 is 33.2 Å². The van der Waals surface area contributed by atoms with E-state index in [1.807, 2.05) is 28.8 Å². The molecule has 0 radical (unpaired) electrons. The van der Waals surface area contributed by atoms with Gasteiger partial charge in [-0.05, 0) is 129 Å². The number of nitrogens with zero attached hydrogens (tertiary/aromatic N) is 5. The molecule has 11 N–H and O–H groups in total. The van der Waals surface area contributed by atoms with Crippen molar-refractivity contribution in [2.75, 3.05) is 107 Å². The van der Waals surface area contributed by atoms with Crippen LogP contribution in [0.2, 0.25) is 0 Å². The van der Waals surface area contributed by atoms with Gasteiger partial charge in [0.1, 0.15) is 72.6 Å². The lowest BCUT2D eigenvalue weighted by molar-refractivity contribution is -0.889. The van der Waals surface area contributed by atoms with E-state index in [1.165, 1.54) is 102 Å². The SMILES string of the molecule is CCCCCCCCCCCCCCCC(=O)NCC[N+](C)(C)CCOCCOCCC(=O)NC[C@H]1NC(=O)[C@H](C)NC(=O)CCC(=O)N2CCCCCCn3cc(c4cc(F)ccc43)C[C@@H]3NC(=O)[C@H](Cc4cccc(c4)CNC(=O)CO[C@H]4CCN(C3=O)[C@@H]4C(=O)N[C@@H]([C@@H](C)O)C(=O)N[C@@H](Cc3ccc(OC)cc3)C(=O)N3CCC[C@@]3(C)C(=O)NCCc3ccc(cc3)C2)NC1=O.[CH3-]. The van der Waals surface area contributed by atoms with Crippen LogP contribution in [-0.2, 0) is 122 Å². The van der Waals surface area contributed by atoms with Gasteiger partial charge in [-0.15, -0.1) is 0 Å². The Hall–Kier alpha value is -10.9. The number of nitrogens with one attached hydrogen (secondary N) is 10. The first-order chi connectivity index (χ1) is 64.5. The number of benzene rings is 4. The fraction of sp³-hybridized carbons (Fsp3) is 0.604. The minimum atomic E-state index is -1.87. The lowest BCUT2D eigenvalue weighted by Crippen LogP contribution is -2.64. The maximum atomic E-state index is 16.4. The predicted molar refractivity (Wildman–Crippen MR) is 510 cm³/mol. The van der Waals surface area contributed by atoms with Crippen LogP contribution >= 0.6 is 0 Å². The number of carbonyl (C=O) groups excluding carboxylic acids is 13. The van der Waals surface area contributed by atoms with E-state index in [4.69, 9.17) is 18.9 Å². The van der Waals surface area contributed by atoms with Crippen molar-refractivity contribution in [3.63, 3.8) is 0 Å². The molecule has 2 fully saturated rings. The lowest BCUT2D eigenvalue weighted by Gasteiger charge is -2.37. The van der Waals surface area contributed by atoms with Crippen molar-refractivity contribution in [1.29, 1.82) is 0 Å². The summed E-state index contributed by atoms with van der Waals surface area (Å²) in [5.41, 5.74) is 2.64. The van der Waals surface area contributed by atoms with Gasteiger partial charge in [0.25, 0.3) is 0 Å². The van der Waals surface area contributed by atoms with E-state index in [-0.39, 0.29) is 123 Å². The molecule has 34 heteroatoms. The Morgan fingerprint density at radius 2 is 1.28 bits per heavy atom. The number of rotatable bonds is 32. The highest BCUT2D eigenvalue weighted by Crippen LogP contribution is 2.33. The summed E-state index contributed by atoms with van der Waals surface area (Å²) in [7, 11) is 5.62. The molecule has 10 atom stereocenters. The largest absolute Gasteiger partial charge is 0.497 e. The third-order valence-electron chi connectivity index (χ3n) is 26.2. The lowest BCUT2D eigenvalue weighted by atomic mass is 9.95. The molecule has 742 valence electrons. The van der Waals surface area contributed by atoms with Gasteiger partial charge < -0.3 is 108 Å². The molecule has 135 heavy (non-hydrogen) atoms. The predicted octanol–water partition coefficient (Wildman–Crippen LogP) is 6.84. The first-order valence-electron chi connectivity index (χ1n) is 48.6. The highest BCUT2D eigenvalue weighted by Gasteiger charge is 2.50. The number of hydrogen-bond donors (Lipinski definition) is 11. The third-order valence-corrected chi connectivity index (χ3v) is 26.2. The number of amides is 13. The van der Waals surface area contributed by atoms with Crippen molar-refractivity contribution in [3.05, 3.63) is 144 Å². The van der Waals surface area contributed by atoms with Gasteiger partial charge >= 0.3 is 0 Å². The number of fused-ring (bicyclic) bond motifs is 16. The van der Waals surface area contributed by atoms with Gasteiger partial charge in [-0.3, -0.25) is 62.3 Å². The number of aryl methyl sites for hydroxylation is 1. The van der Waals surface area contributed by atoms with Gasteiger partial charge in [0.05, 0.1) is 72.9 Å². The molecule has 6 aliphatic heterocycles. The number of likely N-dealkylation sites (N-methyl/N-ethyl adjacent to an activating group) is 1. The van der Waals surface area contributed by atoms with Crippen LogP contribution in [0.3, 0.4) is 0 Å². The van der Waals surface area contributed by atoms with Crippen LogP contribution in [-0.4, -0.2) is 272 Å². The van der Waals surface area contributed by atoms with Gasteiger partial charge in [0, 0.05) is 114 Å². The number of aromatic nitrogens is 1. The Morgan fingerprint density at radius 3 is 1.99 bits per heavy atom. The minimum Gasteiger partial charge on any atom is -0.497 e. The van der Waals surface area contributed by atoms with E-state index in [9.17, 15) is 38.7 Å². The van der Waals surface area contributed by atoms with Gasteiger partial charge in [0.2, 0.25) is 76.8 Å². The van der Waals surface area contributed by atoms with Crippen LogP contribution in [0.1, 0.15) is 215 Å². The Morgan fingerprint density at radius 1 is 0.615 bits per heavy atom. The first kappa shape index (κ1) is 108. The van der Waals surface area contributed by atoms with E-state index in [1.54, 1.807) is 72.6 Å². The topological polar surface area (TPSA) is 414 Å². The molecule has 0 spiro atoms. The molecule has 1 aromatic heterocycles. The number of halogens is 1. The molecule has 33 nitrogen and oxygen atoms in total. The highest BCUT2D eigenvalue weighted by atomic mass is 19.1. The summed E-state index contributed by atoms with van der Waals surface area (Å²) >= 11 is 0. The molecule has 13 amide bonds. The zero-order valence-electron chi connectivity index (χ0n) is 80.5. The van der Waals surface area contributed by atoms with Crippen LogP contribution in [0.4, 0.5) is 4.39 Å². The summed E-state index contributed by atoms with van der Waals surface area (Å²) in [6.45, 7) is 8.54. The number of methoxy groups -OCH3 is 1. The quantitative estimate of drug-likeness (QED) is 0.0119. The summed E-state index contributed by atoms with van der Waals surface area (Å²) in [4.78, 5) is 197. The van der Waals surface area contributed by atoms with Crippen molar-refractivity contribution in [3.8, 4) is 5.75 Å². The number of hydrogen-bond acceptors (Lipinski definition) is 18. The number of unbranched alkanes of at least 4 members (excludes halogenated alkanes) is 12. The summed E-state index contributed by atoms with van der Waals surface area (Å²) in [5.74, 6) is -9.38. The van der Waals surface area contributed by atoms with Crippen molar-refractivity contribution < 1.29 is 95.3 Å². The number of aliphatic hydroxyl groups is 1. The highest BCUT2D eigenvalue weighted by molar-refractivity contribution is 6.00. The molecular formula is C101H148FN15O18. The van der Waals surface area contributed by atoms with Crippen molar-refractivity contribution in [2.45, 2.75) is 287 Å². The number of ether oxygens (including phenoxy) is 4. The van der Waals surface area contributed by atoms with Crippen molar-refractivity contribution in [2.24, 2.45) is 0 Å². The smallest absolute Gasteiger partial charge is 0.246 e. The first-order valence-corrected chi connectivity index (χ1v) is 48.6. The molecule has 7 heterocycles. The monoisotopic (exact) mass is 1880 g/mol. The summed E-state index contributed by atoms with van der Waals surface area (Å²) in [6, 6.07) is 13.7. The zero-order chi connectivity index (χ0) is 96.1. The van der Waals surface area contributed by atoms with Gasteiger partial charge in [-0.25, -0.2) is 4.39 Å². The average molecular weight is 1880 g/mol. The molecule has 5 aromatic rings. The molecule has 11 rings (SSSR count). The Kier molecular flexibility index (Phi) is 43.7. The Balaban J connectivity index is 0.0000204. The second kappa shape index (κ2) is 54.7. The zero-order valence-corrected chi connectivity index (χ0v) is 80.5. The second-order valence-corrected chi connectivity index (χ2v) is 37.4. The van der Waals surface area contributed by atoms with Crippen LogP contribution in [0.5, 0.6) is 5.75 Å². The average Bonchev–Trinajstić information content (AvgIpc) is 1.65. The van der Waals surface area contributed by atoms with Crippen LogP contribution < -0.4 is 57.9 Å². The molecule has 4 aromatic carbocycles. The fourth-order valence-electron chi connectivity index (χ4n) is 18.1. The van der Waals surface area contributed by atoms with Crippen LogP contribution in [0, 0.1) is 13.2 Å². The summed E-state index contributed by atoms with van der Waals surface area (Å²) in [5, 5.41) is 40.2. The van der Waals surface area contributed by atoms with Crippen molar-refractivity contribution in [1.82, 2.24) is 72.4 Å². The molecule has 6 aliphatic rings. The molecule has 0 saturated carbocycles. The van der Waals surface area contributed by atoms with Crippen molar-refractivity contribution >= 4 is 87.7 Å². The van der Waals surface area contributed by atoms with E-state index in [0.29, 0.717) is 121 Å². The molecule has 0 aliphatic carbocycles. The van der Waals surface area contributed by atoms with Crippen LogP contribution in [0.25, 0.3) is 10.9 Å². The Labute approximate surface area is 794 Å². The summed E-state index contributed by atoms with van der Waals surface area (Å²) in [6.07, 6.45) is 17.0. The van der Waals surface area contributed by atoms with Crippen LogP contribution in [0.15, 0.2) is 97.2 Å². The van der Waals surface area contributed by atoms with Gasteiger partial charge in [-0.1, -0.05) is 157 Å². The number of aliphatic hydroxyl groups excluding tert-OH is 1. The fourth-order valence-corrected chi connectivity index (χ4v) is 18.1. The second-order valence-electron chi connectivity index (χ2n) is 37.4. The van der Waals surface area contributed by atoms with Gasteiger partial charge in [0.15, 0.2) is 0 Å². The van der Waals surface area contributed by atoms with E-state index in [0.717, 1.165) is 35.3 Å². The maximum absolute atomic E-state index is 16.4. The minimum absolute atomic E-state index is 0. The number of carbonyl (C=O) groups is 13. The Bertz CT molecular complexity index is 4740. The molecule has 2 saturated heterocycles. The van der Waals surface area contributed by atoms with E-state index < -0.39 is 150 Å².